The molecule has 6 heteroatoms. The molecule has 2 aliphatic rings. The number of rotatable bonds is 6. The van der Waals surface area contributed by atoms with Crippen molar-refractivity contribution in [3.8, 4) is 0 Å². The van der Waals surface area contributed by atoms with Gasteiger partial charge in [0.2, 0.25) is 0 Å². The van der Waals surface area contributed by atoms with E-state index in [1.165, 1.54) is 42.5 Å². The Kier molecular flexibility index (Phi) is 5.95. The monoisotopic (exact) mass is 382 g/mol. The minimum absolute atomic E-state index is 0.335. The van der Waals surface area contributed by atoms with Crippen molar-refractivity contribution in [2.75, 3.05) is 31.1 Å². The molecule has 28 heavy (non-hydrogen) atoms. The van der Waals surface area contributed by atoms with E-state index in [2.05, 4.69) is 69.0 Å². The van der Waals surface area contributed by atoms with E-state index in [9.17, 15) is 0 Å². The van der Waals surface area contributed by atoms with Gasteiger partial charge in [-0.2, -0.15) is 0 Å². The van der Waals surface area contributed by atoms with Crippen molar-refractivity contribution in [3.63, 3.8) is 0 Å². The van der Waals surface area contributed by atoms with E-state index in [-0.39, 0.29) is 0 Å². The Hall–Kier alpha value is -1.95. The first-order chi connectivity index (χ1) is 13.7. The lowest BCUT2D eigenvalue weighted by Crippen LogP contribution is -2.48. The molecule has 152 valence electrons. The first-order valence-corrected chi connectivity index (χ1v) is 11.0. The van der Waals surface area contributed by atoms with E-state index in [0.717, 1.165) is 44.8 Å². The minimum atomic E-state index is 0.335. The fourth-order valence-electron chi connectivity index (χ4n) is 4.93. The molecule has 0 radical (unpaired) electrons. The molecule has 0 spiro atoms. The number of hydrogen-bond donors (Lipinski definition) is 0. The molecule has 0 N–H and O–H groups in total. The second-order valence-electron chi connectivity index (χ2n) is 8.47. The summed E-state index contributed by atoms with van der Waals surface area (Å²) in [5.41, 5.74) is 4.17. The Bertz CT molecular complexity index is 771. The van der Waals surface area contributed by atoms with Gasteiger partial charge in [-0.25, -0.2) is 4.68 Å². The zero-order valence-electron chi connectivity index (χ0n) is 17.6. The molecular weight excluding hydrogens is 348 g/mol. The molecule has 0 bridgehead atoms. The molecule has 4 rings (SSSR count). The topological polar surface area (TPSA) is 50.1 Å². The van der Waals surface area contributed by atoms with Crippen molar-refractivity contribution in [1.29, 1.82) is 0 Å². The van der Waals surface area contributed by atoms with Crippen molar-refractivity contribution in [2.45, 2.75) is 71.4 Å². The third-order valence-electron chi connectivity index (χ3n) is 6.72. The number of benzene rings is 1. The highest BCUT2D eigenvalue weighted by Crippen LogP contribution is 2.33. The number of tetrazole rings is 1. The van der Waals surface area contributed by atoms with Crippen LogP contribution in [0.4, 0.5) is 5.69 Å². The molecule has 1 aromatic carbocycles. The van der Waals surface area contributed by atoms with Crippen LogP contribution in [-0.2, 0) is 0 Å². The molecule has 2 fully saturated rings. The Balaban J connectivity index is 1.49. The standard InChI is InChI=1S/C22H34N6/c1-4-8-21(22-23-24-25-28(22)19-10-5-6-11-19)27-15-13-26(14-16-27)20-12-7-9-17(2)18(20)3/h7,9,12,19,21H,4-6,8,10-11,13-16H2,1-3H3/t21-/m1/s1. The van der Waals surface area contributed by atoms with Crippen LogP contribution in [0, 0.1) is 13.8 Å². The second kappa shape index (κ2) is 8.60. The fraction of sp³-hybridized carbons (Fsp3) is 0.682. The van der Waals surface area contributed by atoms with Crippen LogP contribution >= 0.6 is 0 Å². The Labute approximate surface area is 168 Å². The largest absolute Gasteiger partial charge is 0.369 e. The molecule has 2 aromatic rings. The third kappa shape index (κ3) is 3.79. The summed E-state index contributed by atoms with van der Waals surface area (Å²) in [4.78, 5) is 5.16. The molecule has 2 heterocycles. The van der Waals surface area contributed by atoms with Crippen LogP contribution in [0.1, 0.15) is 74.5 Å². The molecule has 1 saturated heterocycles. The van der Waals surface area contributed by atoms with Gasteiger partial charge in [-0.15, -0.1) is 5.10 Å². The second-order valence-corrected chi connectivity index (χ2v) is 8.47. The van der Waals surface area contributed by atoms with Crippen LogP contribution in [0.25, 0.3) is 0 Å². The van der Waals surface area contributed by atoms with Crippen LogP contribution in [0.2, 0.25) is 0 Å². The van der Waals surface area contributed by atoms with E-state index in [4.69, 9.17) is 0 Å². The summed E-state index contributed by atoms with van der Waals surface area (Å²) in [5.74, 6) is 1.09. The van der Waals surface area contributed by atoms with E-state index in [0.29, 0.717) is 12.1 Å². The maximum absolute atomic E-state index is 4.50. The van der Waals surface area contributed by atoms with E-state index >= 15 is 0 Å². The van der Waals surface area contributed by atoms with Crippen LogP contribution in [0.3, 0.4) is 0 Å². The average Bonchev–Trinajstić information content (AvgIpc) is 3.40. The Morgan fingerprint density at radius 1 is 1.07 bits per heavy atom. The quantitative estimate of drug-likeness (QED) is 0.754. The fourth-order valence-corrected chi connectivity index (χ4v) is 4.93. The Morgan fingerprint density at radius 3 is 2.54 bits per heavy atom. The van der Waals surface area contributed by atoms with Gasteiger partial charge >= 0.3 is 0 Å². The molecule has 6 nitrogen and oxygen atoms in total. The van der Waals surface area contributed by atoms with Gasteiger partial charge in [-0.05, 0) is 60.7 Å². The van der Waals surface area contributed by atoms with E-state index in [1.54, 1.807) is 0 Å². The summed E-state index contributed by atoms with van der Waals surface area (Å²) in [6, 6.07) is 7.48. The van der Waals surface area contributed by atoms with Gasteiger partial charge < -0.3 is 4.90 Å². The summed E-state index contributed by atoms with van der Waals surface area (Å²) in [6.45, 7) is 11.0. The summed E-state index contributed by atoms with van der Waals surface area (Å²) in [6.07, 6.45) is 7.32. The lowest BCUT2D eigenvalue weighted by atomic mass is 10.0. The summed E-state index contributed by atoms with van der Waals surface area (Å²) in [5, 5.41) is 13.0. The molecule has 1 saturated carbocycles. The van der Waals surface area contributed by atoms with Crippen LogP contribution in [0.5, 0.6) is 0 Å². The molecule has 0 unspecified atom stereocenters. The lowest BCUT2D eigenvalue weighted by Gasteiger charge is -2.40. The number of hydrogen-bond acceptors (Lipinski definition) is 5. The highest BCUT2D eigenvalue weighted by Gasteiger charge is 2.31. The Morgan fingerprint density at radius 2 is 1.82 bits per heavy atom. The maximum atomic E-state index is 4.50. The SMILES string of the molecule is CCC[C@H](c1nnnn1C1CCCC1)N1CCN(c2cccc(C)c2C)CC1. The van der Waals surface area contributed by atoms with E-state index in [1.807, 2.05) is 0 Å². The summed E-state index contributed by atoms with van der Waals surface area (Å²) in [7, 11) is 0. The highest BCUT2D eigenvalue weighted by molar-refractivity contribution is 5.56. The third-order valence-corrected chi connectivity index (χ3v) is 6.72. The molecule has 1 atom stereocenters. The molecule has 1 aromatic heterocycles. The number of aromatic nitrogens is 4. The van der Waals surface area contributed by atoms with Crippen molar-refractivity contribution in [1.82, 2.24) is 25.1 Å². The van der Waals surface area contributed by atoms with Crippen molar-refractivity contribution >= 4 is 5.69 Å². The lowest BCUT2D eigenvalue weighted by molar-refractivity contribution is 0.161. The van der Waals surface area contributed by atoms with Gasteiger partial charge in [0.25, 0.3) is 0 Å². The minimum Gasteiger partial charge on any atom is -0.369 e. The predicted molar refractivity (Wildman–Crippen MR) is 113 cm³/mol. The maximum Gasteiger partial charge on any atom is 0.168 e. The molecule has 1 aliphatic heterocycles. The van der Waals surface area contributed by atoms with Gasteiger partial charge in [0.1, 0.15) is 0 Å². The predicted octanol–water partition coefficient (Wildman–Crippen LogP) is 4.07. The van der Waals surface area contributed by atoms with Gasteiger partial charge in [-0.1, -0.05) is 38.3 Å². The number of anilines is 1. The van der Waals surface area contributed by atoms with Crippen LogP contribution in [-0.4, -0.2) is 51.3 Å². The van der Waals surface area contributed by atoms with Crippen LogP contribution < -0.4 is 4.90 Å². The van der Waals surface area contributed by atoms with E-state index < -0.39 is 0 Å². The highest BCUT2D eigenvalue weighted by atomic mass is 15.6. The number of aryl methyl sites for hydroxylation is 1. The number of nitrogens with zero attached hydrogens (tertiary/aromatic N) is 6. The van der Waals surface area contributed by atoms with Crippen molar-refractivity contribution in [3.05, 3.63) is 35.2 Å². The molecular formula is C22H34N6. The zero-order valence-corrected chi connectivity index (χ0v) is 17.6. The first kappa shape index (κ1) is 19.4. The van der Waals surface area contributed by atoms with Gasteiger partial charge in [0, 0.05) is 31.9 Å². The van der Waals surface area contributed by atoms with Crippen molar-refractivity contribution in [2.24, 2.45) is 0 Å². The molecule has 0 amide bonds. The smallest absolute Gasteiger partial charge is 0.168 e. The van der Waals surface area contributed by atoms with Gasteiger partial charge in [0.15, 0.2) is 5.82 Å². The van der Waals surface area contributed by atoms with Crippen molar-refractivity contribution < 1.29 is 0 Å². The van der Waals surface area contributed by atoms with Crippen LogP contribution in [0.15, 0.2) is 18.2 Å². The number of piperazine rings is 1. The zero-order chi connectivity index (χ0) is 19.5. The average molecular weight is 383 g/mol. The summed E-state index contributed by atoms with van der Waals surface area (Å²) < 4.78 is 2.16. The van der Waals surface area contributed by atoms with Gasteiger partial charge in [0.05, 0.1) is 12.1 Å². The molecule has 1 aliphatic carbocycles. The summed E-state index contributed by atoms with van der Waals surface area (Å²) >= 11 is 0. The first-order valence-electron chi connectivity index (χ1n) is 11.0. The van der Waals surface area contributed by atoms with Gasteiger partial charge in [-0.3, -0.25) is 4.90 Å². The normalized spacial score (nSPS) is 20.0.